The highest BCUT2D eigenvalue weighted by Gasteiger charge is 2.21. The molecule has 0 aromatic carbocycles. The molecular weight excluding hydrogens is 300 g/mol. The fourth-order valence-corrected chi connectivity index (χ4v) is 3.11. The number of nitrogens with one attached hydrogen (secondary N) is 1. The Bertz CT molecular complexity index is 626. The minimum absolute atomic E-state index is 0.211. The van der Waals surface area contributed by atoms with Gasteiger partial charge in [0.15, 0.2) is 0 Å². The van der Waals surface area contributed by atoms with Crippen molar-refractivity contribution >= 4 is 5.91 Å². The van der Waals surface area contributed by atoms with Crippen LogP contribution in [0.4, 0.5) is 0 Å². The van der Waals surface area contributed by atoms with Crippen LogP contribution in [-0.4, -0.2) is 40.4 Å². The van der Waals surface area contributed by atoms with Crippen molar-refractivity contribution in [3.63, 3.8) is 0 Å². The van der Waals surface area contributed by atoms with E-state index in [2.05, 4.69) is 15.3 Å². The van der Waals surface area contributed by atoms with E-state index in [1.165, 1.54) is 0 Å². The van der Waals surface area contributed by atoms with Crippen molar-refractivity contribution in [2.75, 3.05) is 19.6 Å². The van der Waals surface area contributed by atoms with Crippen LogP contribution in [0.25, 0.3) is 0 Å². The number of pyridine rings is 2. The van der Waals surface area contributed by atoms with E-state index in [9.17, 15) is 4.79 Å². The van der Waals surface area contributed by atoms with Crippen LogP contribution in [0.5, 0.6) is 0 Å². The zero-order valence-corrected chi connectivity index (χ0v) is 13.9. The lowest BCUT2D eigenvalue weighted by atomic mass is 10.1. The molecule has 1 aliphatic rings. The molecule has 5 heteroatoms. The summed E-state index contributed by atoms with van der Waals surface area (Å²) in [6, 6.07) is 7.90. The number of hydrogen-bond acceptors (Lipinski definition) is 4. The summed E-state index contributed by atoms with van der Waals surface area (Å²) < 4.78 is 0. The van der Waals surface area contributed by atoms with Crippen molar-refractivity contribution < 1.29 is 4.79 Å². The second-order valence-electron chi connectivity index (χ2n) is 6.35. The zero-order chi connectivity index (χ0) is 16.6. The molecule has 2 aromatic heterocycles. The maximum absolute atomic E-state index is 12.8. The largest absolute Gasteiger partial charge is 0.338 e. The molecule has 3 rings (SSSR count). The van der Waals surface area contributed by atoms with Crippen LogP contribution in [0.15, 0.2) is 49.1 Å². The number of hydrogen-bond donors (Lipinski definition) is 1. The van der Waals surface area contributed by atoms with Crippen LogP contribution in [0.2, 0.25) is 0 Å². The van der Waals surface area contributed by atoms with Crippen LogP contribution < -0.4 is 5.32 Å². The molecule has 1 N–H and O–H groups in total. The van der Waals surface area contributed by atoms with Crippen molar-refractivity contribution in [1.82, 2.24) is 20.2 Å². The highest BCUT2D eigenvalue weighted by atomic mass is 16.2. The SMILES string of the molecule is O=C(CCc1ccncc1)N(Cc1cccnc1)C[C@@H]1CCNC1. The number of nitrogens with zero attached hydrogens (tertiary/aromatic N) is 3. The predicted octanol–water partition coefficient (Wildman–Crippen LogP) is 2.05. The summed E-state index contributed by atoms with van der Waals surface area (Å²) in [7, 11) is 0. The van der Waals surface area contributed by atoms with Gasteiger partial charge in [-0.15, -0.1) is 0 Å². The lowest BCUT2D eigenvalue weighted by molar-refractivity contribution is -0.132. The van der Waals surface area contributed by atoms with Gasteiger partial charge in [0.05, 0.1) is 0 Å². The van der Waals surface area contributed by atoms with Gasteiger partial charge in [-0.25, -0.2) is 0 Å². The molecule has 1 fully saturated rings. The second kappa shape index (κ2) is 8.55. The highest BCUT2D eigenvalue weighted by molar-refractivity contribution is 5.76. The maximum atomic E-state index is 12.8. The minimum Gasteiger partial charge on any atom is -0.338 e. The number of rotatable bonds is 7. The molecule has 0 spiro atoms. The molecule has 0 aliphatic carbocycles. The third kappa shape index (κ3) is 4.86. The van der Waals surface area contributed by atoms with Crippen molar-refractivity contribution in [2.45, 2.75) is 25.8 Å². The monoisotopic (exact) mass is 324 g/mol. The van der Waals surface area contributed by atoms with Crippen LogP contribution in [0.1, 0.15) is 24.0 Å². The summed E-state index contributed by atoms with van der Waals surface area (Å²) in [6.07, 6.45) is 9.59. The van der Waals surface area contributed by atoms with Gasteiger partial charge >= 0.3 is 0 Å². The average molecular weight is 324 g/mol. The van der Waals surface area contributed by atoms with Gasteiger partial charge in [0.1, 0.15) is 0 Å². The van der Waals surface area contributed by atoms with E-state index in [1.807, 2.05) is 35.4 Å². The summed E-state index contributed by atoms with van der Waals surface area (Å²) in [5.74, 6) is 0.758. The molecule has 0 unspecified atom stereocenters. The lowest BCUT2D eigenvalue weighted by Gasteiger charge is -2.25. The van der Waals surface area contributed by atoms with Crippen LogP contribution >= 0.6 is 0 Å². The van der Waals surface area contributed by atoms with E-state index in [1.54, 1.807) is 18.6 Å². The zero-order valence-electron chi connectivity index (χ0n) is 13.9. The highest BCUT2D eigenvalue weighted by Crippen LogP contribution is 2.14. The molecule has 3 heterocycles. The van der Waals surface area contributed by atoms with E-state index in [0.29, 0.717) is 18.9 Å². The van der Waals surface area contributed by atoms with Gasteiger partial charge in [-0.05, 0) is 61.2 Å². The van der Waals surface area contributed by atoms with Gasteiger partial charge in [0.25, 0.3) is 0 Å². The van der Waals surface area contributed by atoms with Gasteiger partial charge < -0.3 is 10.2 Å². The van der Waals surface area contributed by atoms with Crippen LogP contribution in [0, 0.1) is 5.92 Å². The van der Waals surface area contributed by atoms with Crippen molar-refractivity contribution in [3.05, 3.63) is 60.2 Å². The molecule has 1 saturated heterocycles. The third-order valence-electron chi connectivity index (χ3n) is 4.47. The number of carbonyl (C=O) groups is 1. The van der Waals surface area contributed by atoms with Crippen LogP contribution in [0.3, 0.4) is 0 Å². The first kappa shape index (κ1) is 16.6. The fraction of sp³-hybridized carbons (Fsp3) is 0.421. The van der Waals surface area contributed by atoms with E-state index in [4.69, 9.17) is 0 Å². The first-order valence-electron chi connectivity index (χ1n) is 8.57. The molecule has 1 atom stereocenters. The molecule has 24 heavy (non-hydrogen) atoms. The summed E-state index contributed by atoms with van der Waals surface area (Å²) in [4.78, 5) is 23.0. The molecule has 5 nitrogen and oxygen atoms in total. The van der Waals surface area contributed by atoms with Crippen molar-refractivity contribution in [2.24, 2.45) is 5.92 Å². The summed E-state index contributed by atoms with van der Waals surface area (Å²) >= 11 is 0. The summed E-state index contributed by atoms with van der Waals surface area (Å²) in [5, 5.41) is 3.38. The van der Waals surface area contributed by atoms with Crippen molar-refractivity contribution in [3.8, 4) is 0 Å². The third-order valence-corrected chi connectivity index (χ3v) is 4.47. The first-order valence-corrected chi connectivity index (χ1v) is 8.57. The van der Waals surface area contributed by atoms with Crippen molar-refractivity contribution in [1.29, 1.82) is 0 Å². The minimum atomic E-state index is 0.211. The van der Waals surface area contributed by atoms with Gasteiger partial charge in [-0.3, -0.25) is 14.8 Å². The number of aromatic nitrogens is 2. The quantitative estimate of drug-likeness (QED) is 0.847. The first-order chi connectivity index (χ1) is 11.8. The Kier molecular flexibility index (Phi) is 5.90. The Morgan fingerprint density at radius 2 is 2.04 bits per heavy atom. The number of aryl methyl sites for hydroxylation is 1. The second-order valence-corrected chi connectivity index (χ2v) is 6.35. The Labute approximate surface area is 143 Å². The average Bonchev–Trinajstić information content (AvgIpc) is 3.14. The molecule has 1 amide bonds. The fourth-order valence-electron chi connectivity index (χ4n) is 3.11. The maximum Gasteiger partial charge on any atom is 0.223 e. The summed E-state index contributed by atoms with van der Waals surface area (Å²) in [5.41, 5.74) is 2.24. The Morgan fingerprint density at radius 1 is 1.17 bits per heavy atom. The number of carbonyl (C=O) groups excluding carboxylic acids is 1. The molecule has 1 aliphatic heterocycles. The topological polar surface area (TPSA) is 58.1 Å². The van der Waals surface area contributed by atoms with Crippen LogP contribution in [-0.2, 0) is 17.8 Å². The Morgan fingerprint density at radius 3 is 2.75 bits per heavy atom. The number of amides is 1. The van der Waals surface area contributed by atoms with Gasteiger partial charge in [0.2, 0.25) is 5.91 Å². The van der Waals surface area contributed by atoms with E-state index < -0.39 is 0 Å². The standard InChI is InChI=1S/C19H24N4O/c24-19(4-3-16-5-9-20-10-6-16)23(15-18-7-11-22-13-18)14-17-2-1-8-21-12-17/h1-2,5-6,8-10,12,18,22H,3-4,7,11,13-15H2/t18-/m1/s1. The summed E-state index contributed by atoms with van der Waals surface area (Å²) in [6.45, 7) is 3.51. The van der Waals surface area contributed by atoms with E-state index in [0.717, 1.165) is 43.6 Å². The Hall–Kier alpha value is -2.27. The molecule has 126 valence electrons. The molecule has 2 aromatic rings. The Balaban J connectivity index is 1.62. The van der Waals surface area contributed by atoms with Gasteiger partial charge in [-0.2, -0.15) is 0 Å². The van der Waals surface area contributed by atoms with Gasteiger partial charge in [0, 0.05) is 44.3 Å². The normalized spacial score (nSPS) is 16.9. The molecule has 0 radical (unpaired) electrons. The molecule has 0 bridgehead atoms. The van der Waals surface area contributed by atoms with E-state index in [-0.39, 0.29) is 5.91 Å². The smallest absolute Gasteiger partial charge is 0.223 e. The van der Waals surface area contributed by atoms with E-state index >= 15 is 0 Å². The lowest BCUT2D eigenvalue weighted by Crippen LogP contribution is -2.35. The molecular formula is C19H24N4O. The predicted molar refractivity (Wildman–Crippen MR) is 93.2 cm³/mol. The molecule has 0 saturated carbocycles. The van der Waals surface area contributed by atoms with Gasteiger partial charge in [-0.1, -0.05) is 6.07 Å².